The highest BCUT2D eigenvalue weighted by Crippen LogP contribution is 2.40. The maximum absolute atomic E-state index is 13.1. The predicted octanol–water partition coefficient (Wildman–Crippen LogP) is 3.61. The molecule has 0 aliphatic heterocycles. The predicted molar refractivity (Wildman–Crippen MR) is 97.4 cm³/mol. The van der Waals surface area contributed by atoms with Crippen molar-refractivity contribution in [1.29, 1.82) is 0 Å². The van der Waals surface area contributed by atoms with E-state index in [1.165, 1.54) is 26.4 Å². The zero-order valence-electron chi connectivity index (χ0n) is 15.7. The smallest absolute Gasteiger partial charge is 0.227 e. The summed E-state index contributed by atoms with van der Waals surface area (Å²) in [7, 11) is 6.31. The number of methoxy groups -OCH3 is 3. The highest BCUT2D eigenvalue weighted by atomic mass is 19.1. The van der Waals surface area contributed by atoms with Crippen LogP contribution in [0.5, 0.6) is 17.2 Å². The molecule has 2 aromatic rings. The minimum Gasteiger partial charge on any atom is -0.493 e. The van der Waals surface area contributed by atoms with Gasteiger partial charge in [0.05, 0.1) is 33.8 Å². The van der Waals surface area contributed by atoms with Crippen LogP contribution >= 0.6 is 0 Å². The van der Waals surface area contributed by atoms with Crippen LogP contribution in [-0.4, -0.2) is 39.2 Å². The molecule has 1 amide bonds. The molecule has 140 valence electrons. The maximum Gasteiger partial charge on any atom is 0.227 e. The van der Waals surface area contributed by atoms with Crippen LogP contribution in [0.2, 0.25) is 0 Å². The van der Waals surface area contributed by atoms with Crippen molar-refractivity contribution >= 4 is 5.91 Å². The van der Waals surface area contributed by atoms with E-state index in [0.29, 0.717) is 22.8 Å². The van der Waals surface area contributed by atoms with E-state index in [1.807, 2.05) is 6.92 Å². The lowest BCUT2D eigenvalue weighted by atomic mass is 10.0. The number of benzene rings is 2. The van der Waals surface area contributed by atoms with Gasteiger partial charge < -0.3 is 19.1 Å². The third-order valence-corrected chi connectivity index (χ3v) is 4.45. The Morgan fingerprint density at radius 2 is 1.62 bits per heavy atom. The summed E-state index contributed by atoms with van der Waals surface area (Å²) in [6.45, 7) is 1.90. The number of ether oxygens (including phenoxy) is 3. The SMILES string of the molecule is COc1ccc(CC(=O)N(C)C(C)c2ccc(F)cc2)c(OC)c1OC. The summed E-state index contributed by atoms with van der Waals surface area (Å²) in [6.07, 6.45) is 0.144. The van der Waals surface area contributed by atoms with Crippen molar-refractivity contribution in [3.63, 3.8) is 0 Å². The molecule has 26 heavy (non-hydrogen) atoms. The second kappa shape index (κ2) is 8.56. The van der Waals surface area contributed by atoms with Gasteiger partial charge in [0.2, 0.25) is 11.7 Å². The van der Waals surface area contributed by atoms with Gasteiger partial charge in [0.25, 0.3) is 0 Å². The first-order valence-electron chi connectivity index (χ1n) is 8.21. The summed E-state index contributed by atoms with van der Waals surface area (Å²) in [5.41, 5.74) is 1.56. The number of likely N-dealkylation sites (N-methyl/N-ethyl adjacent to an activating group) is 1. The van der Waals surface area contributed by atoms with E-state index in [0.717, 1.165) is 5.56 Å². The van der Waals surface area contributed by atoms with Crippen molar-refractivity contribution in [2.24, 2.45) is 0 Å². The largest absolute Gasteiger partial charge is 0.493 e. The van der Waals surface area contributed by atoms with Gasteiger partial charge in [-0.3, -0.25) is 4.79 Å². The Labute approximate surface area is 153 Å². The van der Waals surface area contributed by atoms with Gasteiger partial charge in [-0.25, -0.2) is 4.39 Å². The Morgan fingerprint density at radius 1 is 1.00 bits per heavy atom. The van der Waals surface area contributed by atoms with Gasteiger partial charge >= 0.3 is 0 Å². The van der Waals surface area contributed by atoms with Crippen LogP contribution in [0.15, 0.2) is 36.4 Å². The first-order valence-corrected chi connectivity index (χ1v) is 8.21. The molecule has 2 rings (SSSR count). The molecule has 0 bridgehead atoms. The van der Waals surface area contributed by atoms with Gasteiger partial charge in [0.1, 0.15) is 5.82 Å². The number of hydrogen-bond donors (Lipinski definition) is 0. The van der Waals surface area contributed by atoms with Crippen molar-refractivity contribution in [2.75, 3.05) is 28.4 Å². The van der Waals surface area contributed by atoms with E-state index in [-0.39, 0.29) is 24.2 Å². The molecule has 0 fully saturated rings. The van der Waals surface area contributed by atoms with Crippen molar-refractivity contribution in [3.05, 3.63) is 53.3 Å². The second-order valence-electron chi connectivity index (χ2n) is 5.90. The Morgan fingerprint density at radius 3 is 2.15 bits per heavy atom. The topological polar surface area (TPSA) is 48.0 Å². The van der Waals surface area contributed by atoms with E-state index in [2.05, 4.69) is 0 Å². The van der Waals surface area contributed by atoms with Crippen LogP contribution < -0.4 is 14.2 Å². The van der Waals surface area contributed by atoms with Gasteiger partial charge in [-0.05, 0) is 30.7 Å². The molecule has 0 N–H and O–H groups in total. The molecule has 1 atom stereocenters. The molecule has 0 aromatic heterocycles. The third-order valence-electron chi connectivity index (χ3n) is 4.45. The zero-order chi connectivity index (χ0) is 19.3. The lowest BCUT2D eigenvalue weighted by molar-refractivity contribution is -0.131. The number of amides is 1. The molecule has 2 aromatic carbocycles. The maximum atomic E-state index is 13.1. The highest BCUT2D eigenvalue weighted by Gasteiger charge is 2.22. The van der Waals surface area contributed by atoms with Gasteiger partial charge in [0.15, 0.2) is 11.5 Å². The van der Waals surface area contributed by atoms with Crippen LogP contribution in [0.4, 0.5) is 4.39 Å². The first-order chi connectivity index (χ1) is 12.4. The van der Waals surface area contributed by atoms with Crippen LogP contribution in [0.1, 0.15) is 24.1 Å². The zero-order valence-corrected chi connectivity index (χ0v) is 15.7. The molecule has 0 aliphatic carbocycles. The van der Waals surface area contributed by atoms with Crippen LogP contribution in [0.25, 0.3) is 0 Å². The van der Waals surface area contributed by atoms with Crippen molar-refractivity contribution < 1.29 is 23.4 Å². The minimum atomic E-state index is -0.301. The summed E-state index contributed by atoms with van der Waals surface area (Å²) in [5, 5.41) is 0. The lowest BCUT2D eigenvalue weighted by Crippen LogP contribution is -2.31. The van der Waals surface area contributed by atoms with E-state index < -0.39 is 0 Å². The number of rotatable bonds is 7. The Balaban J connectivity index is 2.22. The van der Waals surface area contributed by atoms with Crippen molar-refractivity contribution in [1.82, 2.24) is 4.90 Å². The van der Waals surface area contributed by atoms with Crippen molar-refractivity contribution in [3.8, 4) is 17.2 Å². The molecule has 1 unspecified atom stereocenters. The van der Waals surface area contributed by atoms with Gasteiger partial charge in [0, 0.05) is 12.6 Å². The molecule has 0 saturated carbocycles. The molecular weight excluding hydrogens is 337 g/mol. The Hall–Kier alpha value is -2.76. The molecule has 0 radical (unpaired) electrons. The number of carbonyl (C=O) groups excluding carboxylic acids is 1. The van der Waals surface area contributed by atoms with Gasteiger partial charge in [-0.2, -0.15) is 0 Å². The summed E-state index contributed by atoms with van der Waals surface area (Å²) in [5.74, 6) is 1.07. The average molecular weight is 361 g/mol. The third kappa shape index (κ3) is 4.07. The fraction of sp³-hybridized carbons (Fsp3) is 0.350. The van der Waals surface area contributed by atoms with Crippen molar-refractivity contribution in [2.45, 2.75) is 19.4 Å². The van der Waals surface area contributed by atoms with E-state index in [4.69, 9.17) is 14.2 Å². The summed E-state index contributed by atoms with van der Waals surface area (Å²) in [6, 6.07) is 9.49. The quantitative estimate of drug-likeness (QED) is 0.756. The fourth-order valence-electron chi connectivity index (χ4n) is 2.77. The molecule has 0 heterocycles. The van der Waals surface area contributed by atoms with E-state index in [1.54, 1.807) is 43.3 Å². The van der Waals surface area contributed by atoms with Crippen LogP contribution in [-0.2, 0) is 11.2 Å². The molecule has 0 aliphatic rings. The molecular formula is C20H24FNO4. The lowest BCUT2D eigenvalue weighted by Gasteiger charge is -2.26. The number of halogens is 1. The number of carbonyl (C=O) groups is 1. The molecule has 0 spiro atoms. The van der Waals surface area contributed by atoms with Crippen LogP contribution in [0, 0.1) is 5.82 Å². The standard InChI is InChI=1S/C20H24FNO4/c1-13(14-6-9-16(21)10-7-14)22(2)18(23)12-15-8-11-17(24-3)20(26-5)19(15)25-4/h6-11,13H,12H2,1-5H3. The average Bonchev–Trinajstić information content (AvgIpc) is 2.66. The monoisotopic (exact) mass is 361 g/mol. The van der Waals surface area contributed by atoms with Crippen LogP contribution in [0.3, 0.4) is 0 Å². The first kappa shape index (κ1) is 19.6. The number of nitrogens with zero attached hydrogens (tertiary/aromatic N) is 1. The second-order valence-corrected chi connectivity index (χ2v) is 5.90. The highest BCUT2D eigenvalue weighted by molar-refractivity contribution is 5.80. The summed E-state index contributed by atoms with van der Waals surface area (Å²) >= 11 is 0. The fourth-order valence-corrected chi connectivity index (χ4v) is 2.77. The summed E-state index contributed by atoms with van der Waals surface area (Å²) < 4.78 is 29.1. The van der Waals surface area contributed by atoms with E-state index in [9.17, 15) is 9.18 Å². The molecule has 6 heteroatoms. The Kier molecular flexibility index (Phi) is 6.44. The van der Waals surface area contributed by atoms with Gasteiger partial charge in [-0.1, -0.05) is 18.2 Å². The molecule has 0 saturated heterocycles. The Bertz CT molecular complexity index is 761. The molecule has 5 nitrogen and oxygen atoms in total. The van der Waals surface area contributed by atoms with E-state index >= 15 is 0 Å². The minimum absolute atomic E-state index is 0.0904. The summed E-state index contributed by atoms with van der Waals surface area (Å²) in [4.78, 5) is 14.4. The normalized spacial score (nSPS) is 11.6. The van der Waals surface area contributed by atoms with Gasteiger partial charge in [-0.15, -0.1) is 0 Å². The number of hydrogen-bond acceptors (Lipinski definition) is 4.